The Morgan fingerprint density at radius 2 is 1.96 bits per heavy atom. The van der Waals surface area contributed by atoms with Crippen LogP contribution in [-0.2, 0) is 10.3 Å². The molecule has 1 fully saturated rings. The quantitative estimate of drug-likeness (QED) is 0.697. The summed E-state index contributed by atoms with van der Waals surface area (Å²) in [5.41, 5.74) is 4.63. The lowest BCUT2D eigenvalue weighted by molar-refractivity contribution is -0.132. The highest BCUT2D eigenvalue weighted by Crippen LogP contribution is 2.28. The first kappa shape index (κ1) is 16.2. The summed E-state index contributed by atoms with van der Waals surface area (Å²) in [4.78, 5) is 41.7. The first-order valence-corrected chi connectivity index (χ1v) is 8.73. The van der Waals surface area contributed by atoms with Crippen LogP contribution in [0.4, 0.5) is 4.79 Å². The van der Waals surface area contributed by atoms with E-state index in [2.05, 4.69) is 15.7 Å². The minimum absolute atomic E-state index is 0.343. The molecule has 8 heteroatoms. The Hall–Kier alpha value is -3.26. The molecular formula is C18H14N4O3S. The van der Waals surface area contributed by atoms with Crippen LogP contribution in [0.25, 0.3) is 10.2 Å². The van der Waals surface area contributed by atoms with Crippen LogP contribution < -0.4 is 10.7 Å². The molecule has 1 atom stereocenters. The molecule has 0 bridgehead atoms. The predicted octanol–water partition coefficient (Wildman–Crippen LogP) is 2.41. The number of amides is 4. The van der Waals surface area contributed by atoms with E-state index in [-0.39, 0.29) is 0 Å². The molecular weight excluding hydrogens is 352 g/mol. The number of thiazole rings is 1. The first-order valence-electron chi connectivity index (χ1n) is 7.85. The molecule has 0 spiro atoms. The van der Waals surface area contributed by atoms with E-state index in [0.717, 1.165) is 15.2 Å². The van der Waals surface area contributed by atoms with Crippen molar-refractivity contribution in [3.05, 3.63) is 65.2 Å². The summed E-state index contributed by atoms with van der Waals surface area (Å²) in [7, 11) is 0. The molecule has 7 nitrogen and oxygen atoms in total. The number of hydrazine groups is 1. The maximum absolute atomic E-state index is 12.8. The van der Waals surface area contributed by atoms with Crippen LogP contribution in [0, 0.1) is 0 Å². The number of nitrogens with zero attached hydrogens (tertiary/aromatic N) is 2. The summed E-state index contributed by atoms with van der Waals surface area (Å²) in [5.74, 6) is -1.08. The second kappa shape index (κ2) is 5.92. The van der Waals surface area contributed by atoms with Crippen molar-refractivity contribution >= 4 is 39.4 Å². The fraction of sp³-hybridized carbons (Fsp3) is 0.111. The van der Waals surface area contributed by atoms with Gasteiger partial charge in [-0.15, -0.1) is 11.3 Å². The Bertz CT molecular complexity index is 1030. The van der Waals surface area contributed by atoms with Crippen LogP contribution in [-0.4, -0.2) is 27.8 Å². The normalized spacial score (nSPS) is 19.7. The van der Waals surface area contributed by atoms with Crippen LogP contribution >= 0.6 is 11.3 Å². The van der Waals surface area contributed by atoms with Gasteiger partial charge in [0.2, 0.25) is 0 Å². The number of urea groups is 1. The summed E-state index contributed by atoms with van der Waals surface area (Å²) < 4.78 is 0.851. The average Bonchev–Trinajstić information content (AvgIpc) is 3.20. The second-order valence-corrected chi connectivity index (χ2v) is 6.92. The van der Waals surface area contributed by atoms with Crippen LogP contribution in [0.5, 0.6) is 0 Å². The molecule has 2 heterocycles. The van der Waals surface area contributed by atoms with E-state index in [1.54, 1.807) is 54.9 Å². The Balaban J connectivity index is 1.59. The van der Waals surface area contributed by atoms with E-state index in [1.807, 2.05) is 6.07 Å². The highest BCUT2D eigenvalue weighted by atomic mass is 32.1. The van der Waals surface area contributed by atoms with Gasteiger partial charge in [0.05, 0.1) is 15.7 Å². The maximum atomic E-state index is 12.8. The van der Waals surface area contributed by atoms with Gasteiger partial charge in [-0.2, -0.15) is 5.01 Å². The lowest BCUT2D eigenvalue weighted by Crippen LogP contribution is -2.47. The number of aromatic nitrogens is 1. The Labute approximate surface area is 152 Å². The number of imide groups is 1. The Morgan fingerprint density at radius 1 is 1.19 bits per heavy atom. The summed E-state index contributed by atoms with van der Waals surface area (Å²) in [6.45, 7) is 1.61. The highest BCUT2D eigenvalue weighted by Gasteiger charge is 2.50. The Morgan fingerprint density at radius 3 is 2.73 bits per heavy atom. The molecule has 1 aromatic heterocycles. The van der Waals surface area contributed by atoms with E-state index in [4.69, 9.17) is 0 Å². The molecule has 0 aliphatic carbocycles. The largest absolute Gasteiger partial charge is 0.344 e. The summed E-state index contributed by atoms with van der Waals surface area (Å²) in [6, 6.07) is 13.2. The third kappa shape index (κ3) is 2.51. The molecule has 4 amide bonds. The van der Waals surface area contributed by atoms with Crippen molar-refractivity contribution in [1.29, 1.82) is 0 Å². The van der Waals surface area contributed by atoms with Gasteiger partial charge in [0.1, 0.15) is 5.54 Å². The monoisotopic (exact) mass is 366 g/mol. The van der Waals surface area contributed by atoms with Gasteiger partial charge in [-0.25, -0.2) is 9.78 Å². The third-order valence-electron chi connectivity index (χ3n) is 4.35. The number of benzene rings is 2. The first-order chi connectivity index (χ1) is 12.5. The number of carbonyl (C=O) groups is 3. The van der Waals surface area contributed by atoms with Crippen molar-refractivity contribution in [2.45, 2.75) is 12.5 Å². The zero-order valence-corrected chi connectivity index (χ0v) is 14.5. The lowest BCUT2D eigenvalue weighted by Gasteiger charge is -2.22. The molecule has 1 saturated heterocycles. The standard InChI is InChI=1S/C18H14N4O3S/c1-18(12-5-3-2-4-6-12)16(24)22(17(25)20-18)21-15(23)11-7-8-13-14(9-11)26-10-19-13/h2-10H,1H3,(H,20,25)(H,21,23)/t18-/m0/s1. The maximum Gasteiger partial charge on any atom is 0.344 e. The number of hydrogen-bond donors (Lipinski definition) is 2. The highest BCUT2D eigenvalue weighted by molar-refractivity contribution is 7.16. The molecule has 130 valence electrons. The van der Waals surface area contributed by atoms with Gasteiger partial charge in [-0.05, 0) is 30.7 Å². The van der Waals surface area contributed by atoms with Crippen molar-refractivity contribution in [3.8, 4) is 0 Å². The zero-order chi connectivity index (χ0) is 18.3. The van der Waals surface area contributed by atoms with Gasteiger partial charge in [-0.1, -0.05) is 30.3 Å². The van der Waals surface area contributed by atoms with Crippen molar-refractivity contribution in [2.24, 2.45) is 0 Å². The Kier molecular flexibility index (Phi) is 3.69. The van der Waals surface area contributed by atoms with E-state index in [0.29, 0.717) is 11.1 Å². The predicted molar refractivity (Wildman–Crippen MR) is 96.3 cm³/mol. The van der Waals surface area contributed by atoms with Gasteiger partial charge in [0, 0.05) is 5.56 Å². The molecule has 26 heavy (non-hydrogen) atoms. The topological polar surface area (TPSA) is 91.4 Å². The van der Waals surface area contributed by atoms with Crippen LogP contribution in [0.1, 0.15) is 22.8 Å². The smallest absolute Gasteiger partial charge is 0.318 e. The number of carbonyl (C=O) groups excluding carboxylic acids is 3. The summed E-state index contributed by atoms with van der Waals surface area (Å²) >= 11 is 1.41. The number of hydrogen-bond acceptors (Lipinski definition) is 5. The molecule has 1 aliphatic heterocycles. The molecule has 2 aromatic carbocycles. The minimum Gasteiger partial charge on any atom is -0.318 e. The number of fused-ring (bicyclic) bond motifs is 1. The molecule has 2 N–H and O–H groups in total. The lowest BCUT2D eigenvalue weighted by atomic mass is 9.92. The van der Waals surface area contributed by atoms with E-state index in [9.17, 15) is 14.4 Å². The number of nitrogens with one attached hydrogen (secondary N) is 2. The van der Waals surface area contributed by atoms with E-state index >= 15 is 0 Å². The molecule has 0 unspecified atom stereocenters. The minimum atomic E-state index is -1.23. The zero-order valence-electron chi connectivity index (χ0n) is 13.7. The van der Waals surface area contributed by atoms with Gasteiger partial charge in [0.15, 0.2) is 0 Å². The van der Waals surface area contributed by atoms with Crippen molar-refractivity contribution in [2.75, 3.05) is 0 Å². The SMILES string of the molecule is C[C@@]1(c2ccccc2)NC(=O)N(NC(=O)c2ccc3ncsc3c2)C1=O. The number of rotatable bonds is 3. The van der Waals surface area contributed by atoms with Crippen LogP contribution in [0.3, 0.4) is 0 Å². The molecule has 4 rings (SSSR count). The van der Waals surface area contributed by atoms with E-state index in [1.165, 1.54) is 11.3 Å². The molecule has 1 aliphatic rings. The van der Waals surface area contributed by atoms with Crippen molar-refractivity contribution in [1.82, 2.24) is 20.7 Å². The van der Waals surface area contributed by atoms with Crippen molar-refractivity contribution < 1.29 is 14.4 Å². The third-order valence-corrected chi connectivity index (χ3v) is 5.14. The second-order valence-electron chi connectivity index (χ2n) is 6.04. The fourth-order valence-corrected chi connectivity index (χ4v) is 3.59. The molecule has 0 radical (unpaired) electrons. The molecule has 3 aromatic rings. The van der Waals surface area contributed by atoms with Crippen LogP contribution in [0.2, 0.25) is 0 Å². The van der Waals surface area contributed by atoms with Gasteiger partial charge >= 0.3 is 6.03 Å². The van der Waals surface area contributed by atoms with Crippen molar-refractivity contribution in [3.63, 3.8) is 0 Å². The van der Waals surface area contributed by atoms with Crippen LogP contribution in [0.15, 0.2) is 54.0 Å². The van der Waals surface area contributed by atoms with Gasteiger partial charge < -0.3 is 5.32 Å². The van der Waals surface area contributed by atoms with Gasteiger partial charge in [-0.3, -0.25) is 15.0 Å². The summed E-state index contributed by atoms with van der Waals surface area (Å²) in [6.07, 6.45) is 0. The molecule has 0 saturated carbocycles. The summed E-state index contributed by atoms with van der Waals surface area (Å²) in [5, 5.41) is 3.37. The average molecular weight is 366 g/mol. The fourth-order valence-electron chi connectivity index (χ4n) is 2.87. The van der Waals surface area contributed by atoms with Gasteiger partial charge in [0.25, 0.3) is 11.8 Å². The van der Waals surface area contributed by atoms with E-state index < -0.39 is 23.4 Å².